The van der Waals surface area contributed by atoms with Gasteiger partial charge in [-0.25, -0.2) is 9.37 Å². The van der Waals surface area contributed by atoms with Crippen LogP contribution in [0.1, 0.15) is 16.2 Å². The van der Waals surface area contributed by atoms with Crippen molar-refractivity contribution in [1.29, 1.82) is 0 Å². The Kier molecular flexibility index (Phi) is 4.30. The highest BCUT2D eigenvalue weighted by molar-refractivity contribution is 6.33. The number of carbonyl (C=O) groups is 1. The van der Waals surface area contributed by atoms with Crippen LogP contribution in [0.25, 0.3) is 11.0 Å². The fraction of sp³-hybridized carbons (Fsp3) is 0.176. The lowest BCUT2D eigenvalue weighted by molar-refractivity contribution is 0.0950. The van der Waals surface area contributed by atoms with Crippen LogP contribution in [-0.4, -0.2) is 22.0 Å². The summed E-state index contributed by atoms with van der Waals surface area (Å²) in [5, 5.41) is 2.79. The highest BCUT2D eigenvalue weighted by atomic mass is 35.5. The lowest BCUT2D eigenvalue weighted by Crippen LogP contribution is -2.27. The molecule has 0 radical (unpaired) electrons. The molecule has 1 aromatic heterocycles. The first kappa shape index (κ1) is 15.5. The van der Waals surface area contributed by atoms with Crippen LogP contribution in [0.15, 0.2) is 42.5 Å². The zero-order valence-corrected chi connectivity index (χ0v) is 13.3. The number of aryl methyl sites for hydroxylation is 1. The SMILES string of the molecule is Cn1c(CCNC(=O)c2c(F)cccc2Cl)nc2ccccc21. The molecule has 118 valence electrons. The molecular formula is C17H15ClFN3O. The van der Waals surface area contributed by atoms with E-state index in [9.17, 15) is 9.18 Å². The van der Waals surface area contributed by atoms with Crippen LogP contribution in [0.3, 0.4) is 0 Å². The molecule has 1 amide bonds. The number of benzene rings is 2. The lowest BCUT2D eigenvalue weighted by Gasteiger charge is -2.08. The van der Waals surface area contributed by atoms with Crippen molar-refractivity contribution < 1.29 is 9.18 Å². The molecule has 3 rings (SSSR count). The van der Waals surface area contributed by atoms with Crippen LogP contribution in [0, 0.1) is 5.82 Å². The van der Waals surface area contributed by atoms with E-state index in [-0.39, 0.29) is 10.6 Å². The third-order valence-corrected chi connectivity index (χ3v) is 4.02. The standard InChI is InChI=1S/C17H15ClFN3O/c1-22-14-8-3-2-7-13(14)21-15(22)9-10-20-17(23)16-11(18)5-4-6-12(16)19/h2-8H,9-10H2,1H3,(H,20,23). The minimum absolute atomic E-state index is 0.102. The molecule has 2 aromatic carbocycles. The van der Waals surface area contributed by atoms with Gasteiger partial charge in [0.05, 0.1) is 21.6 Å². The number of imidazole rings is 1. The molecule has 0 atom stereocenters. The minimum Gasteiger partial charge on any atom is -0.351 e. The van der Waals surface area contributed by atoms with Crippen LogP contribution < -0.4 is 5.32 Å². The number of halogens is 2. The van der Waals surface area contributed by atoms with Crippen molar-refractivity contribution in [1.82, 2.24) is 14.9 Å². The van der Waals surface area contributed by atoms with Crippen molar-refractivity contribution in [3.63, 3.8) is 0 Å². The van der Waals surface area contributed by atoms with E-state index >= 15 is 0 Å². The molecule has 0 fully saturated rings. The van der Waals surface area contributed by atoms with E-state index in [1.54, 1.807) is 0 Å². The van der Waals surface area contributed by atoms with Crippen molar-refractivity contribution in [2.45, 2.75) is 6.42 Å². The van der Waals surface area contributed by atoms with Gasteiger partial charge in [-0.2, -0.15) is 0 Å². The van der Waals surface area contributed by atoms with Crippen LogP contribution in [0.4, 0.5) is 4.39 Å². The summed E-state index contributed by atoms with van der Waals surface area (Å²) in [6, 6.07) is 12.0. The van der Waals surface area contributed by atoms with Gasteiger partial charge in [0.1, 0.15) is 11.6 Å². The molecule has 23 heavy (non-hydrogen) atoms. The molecule has 0 aliphatic heterocycles. The summed E-state index contributed by atoms with van der Waals surface area (Å²) in [7, 11) is 1.93. The van der Waals surface area contributed by atoms with Gasteiger partial charge in [0.15, 0.2) is 0 Å². The third-order valence-electron chi connectivity index (χ3n) is 3.70. The summed E-state index contributed by atoms with van der Waals surface area (Å²) in [6.07, 6.45) is 0.545. The number of para-hydroxylation sites is 2. The van der Waals surface area contributed by atoms with E-state index in [1.807, 2.05) is 35.9 Å². The van der Waals surface area contributed by atoms with Crippen molar-refractivity contribution in [2.24, 2.45) is 7.05 Å². The number of aromatic nitrogens is 2. The molecule has 1 heterocycles. The van der Waals surface area contributed by atoms with Crippen molar-refractivity contribution in [2.75, 3.05) is 6.54 Å². The number of nitrogens with zero attached hydrogens (tertiary/aromatic N) is 2. The zero-order chi connectivity index (χ0) is 16.4. The predicted molar refractivity (Wildman–Crippen MR) is 88.2 cm³/mol. The largest absolute Gasteiger partial charge is 0.351 e. The summed E-state index contributed by atoms with van der Waals surface area (Å²) in [5.41, 5.74) is 1.82. The van der Waals surface area contributed by atoms with Crippen LogP contribution in [0.5, 0.6) is 0 Å². The molecule has 0 bridgehead atoms. The van der Waals surface area contributed by atoms with Gasteiger partial charge >= 0.3 is 0 Å². The number of hydrogen-bond acceptors (Lipinski definition) is 2. The maximum Gasteiger partial charge on any atom is 0.255 e. The Bertz CT molecular complexity index is 855. The van der Waals surface area contributed by atoms with Gasteiger partial charge in [-0.1, -0.05) is 29.8 Å². The van der Waals surface area contributed by atoms with Crippen molar-refractivity contribution in [3.8, 4) is 0 Å². The topological polar surface area (TPSA) is 46.9 Å². The minimum atomic E-state index is -0.627. The summed E-state index contributed by atoms with van der Waals surface area (Å²) in [6.45, 7) is 0.348. The Morgan fingerprint density at radius 3 is 2.78 bits per heavy atom. The van der Waals surface area contributed by atoms with Gasteiger partial charge in [-0.15, -0.1) is 0 Å². The monoisotopic (exact) mass is 331 g/mol. The molecule has 1 N–H and O–H groups in total. The number of rotatable bonds is 4. The van der Waals surface area contributed by atoms with Crippen LogP contribution in [-0.2, 0) is 13.5 Å². The summed E-state index contributed by atoms with van der Waals surface area (Å²) in [4.78, 5) is 16.6. The molecule has 6 heteroatoms. The predicted octanol–water partition coefficient (Wildman–Crippen LogP) is 3.34. The van der Waals surface area contributed by atoms with Gasteiger partial charge in [-0.3, -0.25) is 4.79 Å². The summed E-state index contributed by atoms with van der Waals surface area (Å²) >= 11 is 5.88. The molecule has 0 aliphatic rings. The highest BCUT2D eigenvalue weighted by Crippen LogP contribution is 2.19. The normalized spacial score (nSPS) is 10.9. The van der Waals surface area contributed by atoms with Gasteiger partial charge in [0, 0.05) is 20.0 Å². The molecule has 0 unspecified atom stereocenters. The maximum absolute atomic E-state index is 13.7. The van der Waals surface area contributed by atoms with E-state index in [4.69, 9.17) is 11.6 Å². The number of amides is 1. The van der Waals surface area contributed by atoms with Gasteiger partial charge < -0.3 is 9.88 Å². The quantitative estimate of drug-likeness (QED) is 0.797. The molecule has 0 aliphatic carbocycles. The van der Waals surface area contributed by atoms with Gasteiger partial charge in [0.25, 0.3) is 5.91 Å². The first-order chi connectivity index (χ1) is 11.1. The average molecular weight is 332 g/mol. The Hall–Kier alpha value is -2.40. The van der Waals surface area contributed by atoms with Gasteiger partial charge in [0.2, 0.25) is 0 Å². The Morgan fingerprint density at radius 1 is 1.26 bits per heavy atom. The molecule has 0 spiro atoms. The van der Waals surface area contributed by atoms with Crippen molar-refractivity contribution >= 4 is 28.5 Å². The van der Waals surface area contributed by atoms with E-state index in [2.05, 4.69) is 10.3 Å². The van der Waals surface area contributed by atoms with Crippen LogP contribution >= 0.6 is 11.6 Å². The number of nitrogens with one attached hydrogen (secondary N) is 1. The third kappa shape index (κ3) is 3.05. The Balaban J connectivity index is 1.69. The Morgan fingerprint density at radius 2 is 2.04 bits per heavy atom. The smallest absolute Gasteiger partial charge is 0.255 e. The fourth-order valence-corrected chi connectivity index (χ4v) is 2.76. The van der Waals surface area contributed by atoms with Crippen molar-refractivity contribution in [3.05, 3.63) is 64.7 Å². The molecule has 3 aromatic rings. The highest BCUT2D eigenvalue weighted by Gasteiger charge is 2.15. The maximum atomic E-state index is 13.7. The first-order valence-electron chi connectivity index (χ1n) is 7.20. The van der Waals surface area contributed by atoms with E-state index in [0.717, 1.165) is 16.9 Å². The molecule has 4 nitrogen and oxygen atoms in total. The molecule has 0 saturated heterocycles. The van der Waals surface area contributed by atoms with Gasteiger partial charge in [-0.05, 0) is 24.3 Å². The molecule has 0 saturated carbocycles. The number of hydrogen-bond donors (Lipinski definition) is 1. The lowest BCUT2D eigenvalue weighted by atomic mass is 10.2. The van der Waals surface area contributed by atoms with E-state index < -0.39 is 11.7 Å². The second-order valence-corrected chi connectivity index (χ2v) is 5.59. The van der Waals surface area contributed by atoms with E-state index in [1.165, 1.54) is 18.2 Å². The second-order valence-electron chi connectivity index (χ2n) is 5.18. The number of fused-ring (bicyclic) bond motifs is 1. The Labute approximate surface area is 137 Å². The average Bonchev–Trinajstić information content (AvgIpc) is 2.84. The summed E-state index contributed by atoms with van der Waals surface area (Å²) in [5.74, 6) is -0.296. The summed E-state index contributed by atoms with van der Waals surface area (Å²) < 4.78 is 15.7. The molecular weight excluding hydrogens is 317 g/mol. The fourth-order valence-electron chi connectivity index (χ4n) is 2.51. The zero-order valence-electron chi connectivity index (χ0n) is 12.5. The second kappa shape index (κ2) is 6.38. The first-order valence-corrected chi connectivity index (χ1v) is 7.58. The van der Waals surface area contributed by atoms with E-state index in [0.29, 0.717) is 13.0 Å². The number of carbonyl (C=O) groups excluding carboxylic acids is 1. The van der Waals surface area contributed by atoms with Crippen LogP contribution in [0.2, 0.25) is 5.02 Å².